The Bertz CT molecular complexity index is 508. The van der Waals surface area contributed by atoms with Gasteiger partial charge in [0.25, 0.3) is 0 Å². The molecule has 1 nitrogen and oxygen atoms in total. The van der Waals surface area contributed by atoms with Crippen LogP contribution in [0.15, 0.2) is 53.0 Å². The second-order valence-electron chi connectivity index (χ2n) is 4.47. The summed E-state index contributed by atoms with van der Waals surface area (Å²) in [7, 11) is 2.15. The van der Waals surface area contributed by atoms with Gasteiger partial charge < -0.3 is 4.90 Å². The monoisotopic (exact) mass is 303 g/mol. The Morgan fingerprint density at radius 1 is 1.06 bits per heavy atom. The number of hydrogen-bond acceptors (Lipinski definition) is 1. The fourth-order valence-corrected chi connectivity index (χ4v) is 2.56. The summed E-state index contributed by atoms with van der Waals surface area (Å²) in [6.07, 6.45) is 1.05. The maximum Gasteiger partial charge on any atom is 0.0426 e. The zero-order valence-electron chi connectivity index (χ0n) is 10.9. The number of aryl methyl sites for hydroxylation is 1. The Hall–Kier alpha value is -1.28. The Morgan fingerprint density at radius 2 is 1.78 bits per heavy atom. The summed E-state index contributed by atoms with van der Waals surface area (Å²) < 4.78 is 1.15. The molecular formula is C16H18BrN. The van der Waals surface area contributed by atoms with Crippen LogP contribution in [-0.2, 0) is 13.0 Å². The molecule has 0 unspecified atom stereocenters. The lowest BCUT2D eigenvalue weighted by Gasteiger charge is -2.22. The second kappa shape index (κ2) is 6.05. The lowest BCUT2D eigenvalue weighted by atomic mass is 10.1. The van der Waals surface area contributed by atoms with Crippen LogP contribution in [0.2, 0.25) is 0 Å². The minimum Gasteiger partial charge on any atom is -0.370 e. The van der Waals surface area contributed by atoms with E-state index in [1.165, 1.54) is 16.8 Å². The van der Waals surface area contributed by atoms with Gasteiger partial charge in [-0.1, -0.05) is 53.2 Å². The van der Waals surface area contributed by atoms with Crippen molar-refractivity contribution in [2.45, 2.75) is 19.9 Å². The standard InChI is InChI=1S/C16H18BrN/c1-3-14-11-15(17)9-10-16(14)18(2)12-13-7-5-4-6-8-13/h4-11H,3,12H2,1-2H3. The lowest BCUT2D eigenvalue weighted by molar-refractivity contribution is 0.908. The average molecular weight is 304 g/mol. The molecule has 0 saturated carbocycles. The van der Waals surface area contributed by atoms with Crippen LogP contribution in [0.1, 0.15) is 18.1 Å². The molecule has 0 aliphatic rings. The SMILES string of the molecule is CCc1cc(Br)ccc1N(C)Cc1ccccc1. The second-order valence-corrected chi connectivity index (χ2v) is 5.38. The zero-order valence-corrected chi connectivity index (χ0v) is 12.4. The summed E-state index contributed by atoms with van der Waals surface area (Å²) in [5.41, 5.74) is 4.03. The highest BCUT2D eigenvalue weighted by atomic mass is 79.9. The molecule has 2 rings (SSSR count). The number of hydrogen-bond donors (Lipinski definition) is 0. The quantitative estimate of drug-likeness (QED) is 0.795. The first-order valence-electron chi connectivity index (χ1n) is 6.24. The van der Waals surface area contributed by atoms with Crippen LogP contribution in [0.4, 0.5) is 5.69 Å². The van der Waals surface area contributed by atoms with Gasteiger partial charge in [0, 0.05) is 23.8 Å². The van der Waals surface area contributed by atoms with Gasteiger partial charge >= 0.3 is 0 Å². The van der Waals surface area contributed by atoms with Gasteiger partial charge in [0.1, 0.15) is 0 Å². The average Bonchev–Trinajstić information content (AvgIpc) is 2.39. The van der Waals surface area contributed by atoms with E-state index < -0.39 is 0 Å². The zero-order chi connectivity index (χ0) is 13.0. The molecule has 0 saturated heterocycles. The maximum atomic E-state index is 3.53. The molecule has 94 valence electrons. The Labute approximate surface area is 118 Å². The highest BCUT2D eigenvalue weighted by Crippen LogP contribution is 2.25. The Kier molecular flexibility index (Phi) is 4.43. The van der Waals surface area contributed by atoms with E-state index in [4.69, 9.17) is 0 Å². The molecule has 0 heterocycles. The molecule has 0 aliphatic carbocycles. The molecule has 0 spiro atoms. The predicted octanol–water partition coefficient (Wildman–Crippen LogP) is 4.65. The van der Waals surface area contributed by atoms with Crippen molar-refractivity contribution in [2.24, 2.45) is 0 Å². The van der Waals surface area contributed by atoms with Gasteiger partial charge in [-0.2, -0.15) is 0 Å². The van der Waals surface area contributed by atoms with E-state index in [-0.39, 0.29) is 0 Å². The van der Waals surface area contributed by atoms with Gasteiger partial charge in [-0.15, -0.1) is 0 Å². The molecule has 2 aromatic carbocycles. The van der Waals surface area contributed by atoms with Crippen molar-refractivity contribution < 1.29 is 0 Å². The van der Waals surface area contributed by atoms with Crippen molar-refractivity contribution >= 4 is 21.6 Å². The molecule has 2 heteroatoms. The summed E-state index contributed by atoms with van der Waals surface area (Å²) in [5.74, 6) is 0. The van der Waals surface area contributed by atoms with E-state index in [0.29, 0.717) is 0 Å². The summed E-state index contributed by atoms with van der Waals surface area (Å²) in [6, 6.07) is 17.1. The summed E-state index contributed by atoms with van der Waals surface area (Å²) >= 11 is 3.53. The fraction of sp³-hybridized carbons (Fsp3) is 0.250. The van der Waals surface area contributed by atoms with Crippen LogP contribution in [-0.4, -0.2) is 7.05 Å². The molecule has 0 N–H and O–H groups in total. The largest absolute Gasteiger partial charge is 0.370 e. The number of nitrogens with zero attached hydrogens (tertiary/aromatic N) is 1. The molecule has 18 heavy (non-hydrogen) atoms. The van der Waals surface area contributed by atoms with Crippen LogP contribution in [0, 0.1) is 0 Å². The van der Waals surface area contributed by atoms with Gasteiger partial charge in [-0.3, -0.25) is 0 Å². The van der Waals surface area contributed by atoms with Crippen LogP contribution >= 0.6 is 15.9 Å². The Morgan fingerprint density at radius 3 is 2.44 bits per heavy atom. The van der Waals surface area contributed by atoms with E-state index in [0.717, 1.165) is 17.4 Å². The third-order valence-electron chi connectivity index (χ3n) is 3.10. The van der Waals surface area contributed by atoms with Crippen LogP contribution in [0.25, 0.3) is 0 Å². The molecule has 2 aromatic rings. The first kappa shape index (κ1) is 13.2. The smallest absolute Gasteiger partial charge is 0.0426 e. The maximum absolute atomic E-state index is 3.53. The van der Waals surface area contributed by atoms with E-state index in [1.54, 1.807) is 0 Å². The van der Waals surface area contributed by atoms with Crippen LogP contribution in [0.5, 0.6) is 0 Å². The van der Waals surface area contributed by atoms with Gasteiger partial charge in [-0.05, 0) is 35.7 Å². The highest BCUT2D eigenvalue weighted by molar-refractivity contribution is 9.10. The van der Waals surface area contributed by atoms with Crippen molar-refractivity contribution in [1.82, 2.24) is 0 Å². The first-order chi connectivity index (χ1) is 8.70. The van der Waals surface area contributed by atoms with Gasteiger partial charge in [0.05, 0.1) is 0 Å². The Balaban J connectivity index is 2.21. The molecule has 0 fully saturated rings. The molecule has 0 bridgehead atoms. The minimum atomic E-state index is 0.940. The molecule has 0 aliphatic heterocycles. The number of anilines is 1. The fourth-order valence-electron chi connectivity index (χ4n) is 2.15. The van der Waals surface area contributed by atoms with Crippen molar-refractivity contribution in [3.8, 4) is 0 Å². The highest BCUT2D eigenvalue weighted by Gasteiger charge is 2.07. The summed E-state index contributed by atoms with van der Waals surface area (Å²) in [6.45, 7) is 3.14. The minimum absolute atomic E-state index is 0.940. The van der Waals surface area contributed by atoms with Crippen LogP contribution < -0.4 is 4.90 Å². The van der Waals surface area contributed by atoms with E-state index in [2.05, 4.69) is 83.3 Å². The van der Waals surface area contributed by atoms with E-state index >= 15 is 0 Å². The van der Waals surface area contributed by atoms with E-state index in [1.807, 2.05) is 0 Å². The summed E-state index contributed by atoms with van der Waals surface area (Å²) in [4.78, 5) is 2.31. The first-order valence-corrected chi connectivity index (χ1v) is 7.03. The number of benzene rings is 2. The topological polar surface area (TPSA) is 3.24 Å². The van der Waals surface area contributed by atoms with Gasteiger partial charge in [0.15, 0.2) is 0 Å². The number of rotatable bonds is 4. The van der Waals surface area contributed by atoms with Crippen LogP contribution in [0.3, 0.4) is 0 Å². The normalized spacial score (nSPS) is 10.4. The summed E-state index contributed by atoms with van der Waals surface area (Å²) in [5, 5.41) is 0. The molecule has 0 amide bonds. The van der Waals surface area contributed by atoms with Gasteiger partial charge in [-0.25, -0.2) is 0 Å². The number of halogens is 1. The molecular weight excluding hydrogens is 286 g/mol. The van der Waals surface area contributed by atoms with E-state index in [9.17, 15) is 0 Å². The predicted molar refractivity (Wildman–Crippen MR) is 82.1 cm³/mol. The van der Waals surface area contributed by atoms with Crippen molar-refractivity contribution in [1.29, 1.82) is 0 Å². The molecule has 0 radical (unpaired) electrons. The third-order valence-corrected chi connectivity index (χ3v) is 3.59. The third kappa shape index (κ3) is 3.14. The van der Waals surface area contributed by atoms with Crippen molar-refractivity contribution in [2.75, 3.05) is 11.9 Å². The van der Waals surface area contributed by atoms with Gasteiger partial charge in [0.2, 0.25) is 0 Å². The molecule has 0 aromatic heterocycles. The lowest BCUT2D eigenvalue weighted by Crippen LogP contribution is -2.17. The van der Waals surface area contributed by atoms with Crippen molar-refractivity contribution in [3.05, 3.63) is 64.1 Å². The van der Waals surface area contributed by atoms with Crippen molar-refractivity contribution in [3.63, 3.8) is 0 Å². The molecule has 0 atom stereocenters.